The molecule has 2 amide bonds. The van der Waals surface area contributed by atoms with Crippen molar-refractivity contribution in [3.8, 4) is 0 Å². The molecule has 1 spiro atoms. The van der Waals surface area contributed by atoms with E-state index in [2.05, 4.69) is 16.8 Å². The van der Waals surface area contributed by atoms with Crippen molar-refractivity contribution in [1.82, 2.24) is 14.8 Å². The van der Waals surface area contributed by atoms with Crippen LogP contribution in [0.25, 0.3) is 0 Å². The molecule has 5 nitrogen and oxygen atoms in total. The van der Waals surface area contributed by atoms with E-state index >= 15 is 0 Å². The fourth-order valence-corrected chi connectivity index (χ4v) is 5.99. The van der Waals surface area contributed by atoms with Gasteiger partial charge in [0.15, 0.2) is 0 Å². The maximum absolute atomic E-state index is 13.1. The Bertz CT molecular complexity index is 657. The van der Waals surface area contributed by atoms with Crippen LogP contribution >= 0.6 is 11.3 Å². The van der Waals surface area contributed by atoms with Gasteiger partial charge in [-0.25, -0.2) is 4.98 Å². The van der Waals surface area contributed by atoms with Crippen LogP contribution in [-0.2, 0) is 9.59 Å². The lowest BCUT2D eigenvalue weighted by Crippen LogP contribution is -2.66. The third-order valence-corrected chi connectivity index (χ3v) is 7.28. The Morgan fingerprint density at radius 3 is 2.50 bits per heavy atom. The quantitative estimate of drug-likeness (QED) is 0.773. The lowest BCUT2D eigenvalue weighted by molar-refractivity contribution is -0.180. The van der Waals surface area contributed by atoms with Crippen molar-refractivity contribution in [3.63, 3.8) is 0 Å². The molecule has 0 aromatic carbocycles. The Morgan fingerprint density at radius 1 is 1.29 bits per heavy atom. The summed E-state index contributed by atoms with van der Waals surface area (Å²) in [7, 11) is 0. The summed E-state index contributed by atoms with van der Waals surface area (Å²) >= 11 is 1.70. The number of hydrogen-bond acceptors (Lipinski definition) is 4. The van der Waals surface area contributed by atoms with Crippen LogP contribution in [0.15, 0.2) is 5.51 Å². The van der Waals surface area contributed by atoms with Crippen molar-refractivity contribution in [2.24, 2.45) is 5.41 Å². The maximum atomic E-state index is 13.1. The first-order chi connectivity index (χ1) is 11.5. The zero-order chi connectivity index (χ0) is 16.9. The molecule has 1 aromatic rings. The molecule has 0 bridgehead atoms. The average molecular weight is 347 g/mol. The second kappa shape index (κ2) is 5.83. The number of thiazole rings is 1. The third-order valence-electron chi connectivity index (χ3n) is 6.29. The molecule has 1 atom stereocenters. The lowest BCUT2D eigenvalue weighted by atomic mass is 9.67. The summed E-state index contributed by atoms with van der Waals surface area (Å²) in [6, 6.07) is 0.486. The second-order valence-corrected chi connectivity index (χ2v) is 8.40. The van der Waals surface area contributed by atoms with Gasteiger partial charge in [-0.2, -0.15) is 0 Å². The van der Waals surface area contributed by atoms with Gasteiger partial charge in [0.2, 0.25) is 11.8 Å². The van der Waals surface area contributed by atoms with Gasteiger partial charge in [0.25, 0.3) is 0 Å². The van der Waals surface area contributed by atoms with Gasteiger partial charge < -0.3 is 9.80 Å². The molecule has 2 aliphatic heterocycles. The van der Waals surface area contributed by atoms with Gasteiger partial charge in [-0.05, 0) is 32.6 Å². The molecule has 1 saturated carbocycles. The minimum Gasteiger partial charge on any atom is -0.343 e. The van der Waals surface area contributed by atoms with Gasteiger partial charge >= 0.3 is 0 Å². The van der Waals surface area contributed by atoms with Crippen molar-refractivity contribution in [3.05, 3.63) is 16.1 Å². The first-order valence-corrected chi connectivity index (χ1v) is 9.91. The van der Waals surface area contributed by atoms with E-state index in [9.17, 15) is 9.59 Å². The zero-order valence-electron chi connectivity index (χ0n) is 14.5. The monoisotopic (exact) mass is 347 g/mol. The molecule has 1 aliphatic carbocycles. The van der Waals surface area contributed by atoms with Crippen LogP contribution in [0.3, 0.4) is 0 Å². The summed E-state index contributed by atoms with van der Waals surface area (Å²) in [6.07, 6.45) is 6.17. The number of likely N-dealkylation sites (tertiary alicyclic amines) is 2. The fourth-order valence-electron chi connectivity index (χ4n) is 4.97. The summed E-state index contributed by atoms with van der Waals surface area (Å²) in [6.45, 7) is 5.23. The number of amides is 2. The van der Waals surface area contributed by atoms with E-state index in [-0.39, 0.29) is 23.4 Å². The van der Waals surface area contributed by atoms with Crippen LogP contribution in [0.5, 0.6) is 0 Å². The predicted molar refractivity (Wildman–Crippen MR) is 92.6 cm³/mol. The molecule has 3 heterocycles. The normalized spacial score (nSPS) is 26.9. The Labute approximate surface area is 147 Å². The Balaban J connectivity index is 1.59. The molecule has 2 saturated heterocycles. The molecule has 0 radical (unpaired) electrons. The van der Waals surface area contributed by atoms with Crippen LogP contribution in [-0.4, -0.2) is 45.7 Å². The Kier molecular flexibility index (Phi) is 3.90. The van der Waals surface area contributed by atoms with Gasteiger partial charge in [-0.15, -0.1) is 11.3 Å². The summed E-state index contributed by atoms with van der Waals surface area (Å²) in [5.41, 5.74) is 2.83. The summed E-state index contributed by atoms with van der Waals surface area (Å²) in [4.78, 5) is 34.5. The van der Waals surface area contributed by atoms with E-state index in [0.29, 0.717) is 5.91 Å². The van der Waals surface area contributed by atoms with Crippen LogP contribution in [0.1, 0.15) is 62.1 Å². The highest BCUT2D eigenvalue weighted by molar-refractivity contribution is 7.09. The van der Waals surface area contributed by atoms with E-state index in [0.717, 1.165) is 57.3 Å². The largest absolute Gasteiger partial charge is 0.343 e. The zero-order valence-corrected chi connectivity index (χ0v) is 15.3. The first-order valence-electron chi connectivity index (χ1n) is 9.03. The molecule has 6 heteroatoms. The van der Waals surface area contributed by atoms with Crippen LogP contribution < -0.4 is 0 Å². The molecule has 0 N–H and O–H groups in total. The van der Waals surface area contributed by atoms with Crippen molar-refractivity contribution in [1.29, 1.82) is 0 Å². The Morgan fingerprint density at radius 2 is 1.96 bits per heavy atom. The number of β-lactam (4-membered cyclic amide) rings is 1. The smallest absolute Gasteiger partial charge is 0.232 e. The van der Waals surface area contributed by atoms with E-state index in [4.69, 9.17) is 0 Å². The van der Waals surface area contributed by atoms with E-state index in [1.807, 2.05) is 10.4 Å². The van der Waals surface area contributed by atoms with Gasteiger partial charge in [0, 0.05) is 26.1 Å². The number of aromatic nitrogens is 1. The van der Waals surface area contributed by atoms with Gasteiger partial charge in [0.1, 0.15) is 0 Å². The predicted octanol–water partition coefficient (Wildman–Crippen LogP) is 2.91. The molecule has 1 unspecified atom stereocenters. The minimum atomic E-state index is -0.158. The highest BCUT2D eigenvalue weighted by Crippen LogP contribution is 2.61. The standard InChI is InChI=1S/C18H25N3O2S/c1-12-15(24-11-19-12)16-18(7-3-4-8-18)17(23)21(16)14-5-9-20(10-6-14)13(2)22/h11,14,16H,3-10H2,1-2H3. The summed E-state index contributed by atoms with van der Waals surface area (Å²) < 4.78 is 0. The average Bonchev–Trinajstić information content (AvgIpc) is 3.23. The number of nitrogens with zero attached hydrogens (tertiary/aromatic N) is 3. The lowest BCUT2D eigenvalue weighted by Gasteiger charge is -2.58. The summed E-state index contributed by atoms with van der Waals surface area (Å²) in [5, 5.41) is 0. The van der Waals surface area contributed by atoms with Crippen molar-refractivity contribution < 1.29 is 9.59 Å². The molecular formula is C18H25N3O2S. The van der Waals surface area contributed by atoms with Crippen LogP contribution in [0.4, 0.5) is 0 Å². The van der Waals surface area contributed by atoms with E-state index in [1.54, 1.807) is 18.3 Å². The Hall–Kier alpha value is -1.43. The van der Waals surface area contributed by atoms with Gasteiger partial charge in [-0.3, -0.25) is 9.59 Å². The van der Waals surface area contributed by atoms with Crippen molar-refractivity contribution >= 4 is 23.2 Å². The number of piperidine rings is 1. The number of carbonyl (C=O) groups excluding carboxylic acids is 2. The van der Waals surface area contributed by atoms with Crippen LogP contribution in [0.2, 0.25) is 0 Å². The highest BCUT2D eigenvalue weighted by Gasteiger charge is 2.63. The molecule has 4 rings (SSSR count). The second-order valence-electron chi connectivity index (χ2n) is 7.52. The number of rotatable bonds is 2. The minimum absolute atomic E-state index is 0.144. The third kappa shape index (κ3) is 2.22. The van der Waals surface area contributed by atoms with Gasteiger partial charge in [-0.1, -0.05) is 12.8 Å². The topological polar surface area (TPSA) is 53.5 Å². The molecule has 3 fully saturated rings. The van der Waals surface area contributed by atoms with Crippen LogP contribution in [0, 0.1) is 12.3 Å². The van der Waals surface area contributed by atoms with Gasteiger partial charge in [0.05, 0.1) is 27.5 Å². The number of hydrogen-bond donors (Lipinski definition) is 0. The number of aryl methyl sites for hydroxylation is 1. The van der Waals surface area contributed by atoms with E-state index in [1.165, 1.54) is 4.88 Å². The molecule has 130 valence electrons. The molecule has 24 heavy (non-hydrogen) atoms. The summed E-state index contributed by atoms with van der Waals surface area (Å²) in [5.74, 6) is 0.504. The highest BCUT2D eigenvalue weighted by atomic mass is 32.1. The maximum Gasteiger partial charge on any atom is 0.232 e. The van der Waals surface area contributed by atoms with Crippen molar-refractivity contribution in [2.75, 3.05) is 13.1 Å². The molecule has 1 aromatic heterocycles. The SMILES string of the molecule is CC(=O)N1CCC(N2C(=O)C3(CCCC3)C2c2scnc2C)CC1. The first kappa shape index (κ1) is 16.1. The molecule has 3 aliphatic rings. The van der Waals surface area contributed by atoms with E-state index < -0.39 is 0 Å². The number of carbonyl (C=O) groups is 2. The fraction of sp³-hybridized carbons (Fsp3) is 0.722. The molecular weight excluding hydrogens is 322 g/mol. The van der Waals surface area contributed by atoms with Crippen molar-refractivity contribution in [2.45, 2.75) is 64.5 Å².